The van der Waals surface area contributed by atoms with Crippen LogP contribution in [-0.2, 0) is 0 Å². The minimum absolute atomic E-state index is 0.187. The molecule has 1 N–H and O–H groups in total. The van der Waals surface area contributed by atoms with Gasteiger partial charge in [-0.25, -0.2) is 0 Å². The van der Waals surface area contributed by atoms with Gasteiger partial charge in [0, 0.05) is 25.8 Å². The zero-order valence-corrected chi connectivity index (χ0v) is 14.4. The average molecular weight is 435 g/mol. The van der Waals surface area contributed by atoms with E-state index in [1.165, 1.54) is 0 Å². The number of nitrogens with zero attached hydrogens (tertiary/aromatic N) is 1. The van der Waals surface area contributed by atoms with Crippen molar-refractivity contribution >= 4 is 53.5 Å². The van der Waals surface area contributed by atoms with E-state index < -0.39 is 0 Å². The first-order valence-electron chi connectivity index (χ1n) is 5.39. The Morgan fingerprint density at radius 3 is 2.39 bits per heavy atom. The highest BCUT2D eigenvalue weighted by Crippen LogP contribution is 2.36. The van der Waals surface area contributed by atoms with Gasteiger partial charge in [0.1, 0.15) is 0 Å². The summed E-state index contributed by atoms with van der Waals surface area (Å²) in [6.45, 7) is 2.11. The maximum Gasteiger partial charge on any atom is 0.0634 e. The highest BCUT2D eigenvalue weighted by atomic mass is 79.9. The van der Waals surface area contributed by atoms with Crippen molar-refractivity contribution in [3.63, 3.8) is 0 Å². The molecule has 2 nitrogen and oxygen atoms in total. The largest absolute Gasteiger partial charge is 0.377 e. The Hall–Kier alpha value is -0.390. The lowest BCUT2D eigenvalue weighted by molar-refractivity contribution is 0.873. The molecule has 0 fully saturated rings. The lowest BCUT2D eigenvalue weighted by atomic mass is 10.1. The molecule has 0 aliphatic rings. The summed E-state index contributed by atoms with van der Waals surface area (Å²) in [5, 5.41) is 3.47. The van der Waals surface area contributed by atoms with Crippen LogP contribution in [0.25, 0.3) is 0 Å². The van der Waals surface area contributed by atoms with Gasteiger partial charge in [-0.3, -0.25) is 4.98 Å². The van der Waals surface area contributed by atoms with E-state index in [9.17, 15) is 0 Å². The van der Waals surface area contributed by atoms with Gasteiger partial charge >= 0.3 is 0 Å². The van der Waals surface area contributed by atoms with Crippen LogP contribution >= 0.6 is 47.8 Å². The van der Waals surface area contributed by atoms with Gasteiger partial charge in [-0.2, -0.15) is 0 Å². The van der Waals surface area contributed by atoms with E-state index >= 15 is 0 Å². The summed E-state index contributed by atoms with van der Waals surface area (Å²) in [6, 6.07) is 8.23. The van der Waals surface area contributed by atoms with Crippen molar-refractivity contribution in [1.82, 2.24) is 4.98 Å². The van der Waals surface area contributed by atoms with E-state index in [1.54, 1.807) is 6.20 Å². The second-order valence-electron chi connectivity index (χ2n) is 3.90. The summed E-state index contributed by atoms with van der Waals surface area (Å²) < 4.78 is 3.06. The molecule has 1 heterocycles. The number of hydrogen-bond donors (Lipinski definition) is 1. The molecule has 1 atom stereocenters. The summed E-state index contributed by atoms with van der Waals surface area (Å²) in [5.74, 6) is 0. The second kappa shape index (κ2) is 6.17. The Labute approximate surface area is 132 Å². The number of aromatic nitrogens is 1. The SMILES string of the molecule is CC(Nc1c(Br)cc(Br)cc1Br)c1cccnc1. The van der Waals surface area contributed by atoms with E-state index in [4.69, 9.17) is 0 Å². The van der Waals surface area contributed by atoms with Crippen LogP contribution < -0.4 is 5.32 Å². The van der Waals surface area contributed by atoms with Gasteiger partial charge in [0.15, 0.2) is 0 Å². The number of benzene rings is 1. The Morgan fingerprint density at radius 2 is 1.83 bits per heavy atom. The quantitative estimate of drug-likeness (QED) is 0.685. The van der Waals surface area contributed by atoms with E-state index in [2.05, 4.69) is 71.1 Å². The molecule has 2 rings (SSSR count). The van der Waals surface area contributed by atoms with E-state index in [1.807, 2.05) is 24.4 Å². The van der Waals surface area contributed by atoms with Crippen LogP contribution in [0.2, 0.25) is 0 Å². The second-order valence-corrected chi connectivity index (χ2v) is 6.52. The first-order chi connectivity index (χ1) is 8.58. The number of rotatable bonds is 3. The monoisotopic (exact) mass is 432 g/mol. The fourth-order valence-electron chi connectivity index (χ4n) is 1.61. The molecule has 0 aliphatic carbocycles. The van der Waals surface area contributed by atoms with Gasteiger partial charge in [-0.1, -0.05) is 22.0 Å². The van der Waals surface area contributed by atoms with Gasteiger partial charge in [-0.15, -0.1) is 0 Å². The summed E-state index contributed by atoms with van der Waals surface area (Å²) >= 11 is 10.6. The van der Waals surface area contributed by atoms with Crippen molar-refractivity contribution in [3.05, 3.63) is 55.6 Å². The highest BCUT2D eigenvalue weighted by Gasteiger charge is 2.11. The zero-order valence-electron chi connectivity index (χ0n) is 9.62. The van der Waals surface area contributed by atoms with Crippen LogP contribution in [0, 0.1) is 0 Å². The van der Waals surface area contributed by atoms with Crippen molar-refractivity contribution in [3.8, 4) is 0 Å². The van der Waals surface area contributed by atoms with E-state index in [0.717, 1.165) is 24.7 Å². The average Bonchev–Trinajstić information content (AvgIpc) is 2.34. The summed E-state index contributed by atoms with van der Waals surface area (Å²) in [7, 11) is 0. The van der Waals surface area contributed by atoms with E-state index in [-0.39, 0.29) is 6.04 Å². The van der Waals surface area contributed by atoms with Crippen LogP contribution in [0.1, 0.15) is 18.5 Å². The van der Waals surface area contributed by atoms with Gasteiger partial charge in [0.2, 0.25) is 0 Å². The maximum atomic E-state index is 4.14. The Kier molecular flexibility index (Phi) is 4.81. The first-order valence-corrected chi connectivity index (χ1v) is 7.77. The minimum atomic E-state index is 0.187. The van der Waals surface area contributed by atoms with Crippen LogP contribution in [-0.4, -0.2) is 4.98 Å². The molecule has 1 aromatic heterocycles. The van der Waals surface area contributed by atoms with Crippen LogP contribution in [0.5, 0.6) is 0 Å². The maximum absolute atomic E-state index is 4.14. The van der Waals surface area contributed by atoms with Crippen molar-refractivity contribution in [2.45, 2.75) is 13.0 Å². The number of hydrogen-bond acceptors (Lipinski definition) is 2. The third-order valence-corrected chi connectivity index (χ3v) is 4.26. The molecule has 0 saturated carbocycles. The molecule has 0 spiro atoms. The molecule has 0 aliphatic heterocycles. The van der Waals surface area contributed by atoms with Gasteiger partial charge in [0.25, 0.3) is 0 Å². The molecule has 5 heteroatoms. The molecule has 0 radical (unpaired) electrons. The fraction of sp³-hybridized carbons (Fsp3) is 0.154. The molecule has 2 aromatic rings. The Balaban J connectivity index is 2.25. The van der Waals surface area contributed by atoms with Gasteiger partial charge in [0.05, 0.1) is 11.7 Å². The molecular formula is C13H11Br3N2. The molecule has 94 valence electrons. The summed E-state index contributed by atoms with van der Waals surface area (Å²) in [4.78, 5) is 4.14. The molecule has 0 bridgehead atoms. The third-order valence-electron chi connectivity index (χ3n) is 2.55. The predicted molar refractivity (Wildman–Crippen MR) is 85.8 cm³/mol. The molecule has 0 amide bonds. The van der Waals surface area contributed by atoms with Crippen molar-refractivity contribution in [1.29, 1.82) is 0 Å². The van der Waals surface area contributed by atoms with Crippen molar-refractivity contribution in [2.24, 2.45) is 0 Å². The number of nitrogens with one attached hydrogen (secondary N) is 1. The fourth-order valence-corrected chi connectivity index (χ4v) is 4.10. The van der Waals surface area contributed by atoms with Crippen LogP contribution in [0.3, 0.4) is 0 Å². The van der Waals surface area contributed by atoms with E-state index in [0.29, 0.717) is 0 Å². The smallest absolute Gasteiger partial charge is 0.0634 e. The lowest BCUT2D eigenvalue weighted by Crippen LogP contribution is -2.07. The Morgan fingerprint density at radius 1 is 1.17 bits per heavy atom. The lowest BCUT2D eigenvalue weighted by Gasteiger charge is -2.18. The van der Waals surface area contributed by atoms with Crippen LogP contribution in [0.15, 0.2) is 50.1 Å². The van der Waals surface area contributed by atoms with Crippen molar-refractivity contribution < 1.29 is 0 Å². The molecule has 1 unspecified atom stereocenters. The molecule has 0 saturated heterocycles. The number of halogens is 3. The third kappa shape index (κ3) is 3.33. The summed E-state index contributed by atoms with van der Waals surface area (Å²) in [5.41, 5.74) is 2.19. The molecular weight excluding hydrogens is 424 g/mol. The molecule has 18 heavy (non-hydrogen) atoms. The highest BCUT2D eigenvalue weighted by molar-refractivity contribution is 9.11. The molecule has 1 aromatic carbocycles. The Bertz CT molecular complexity index is 520. The van der Waals surface area contributed by atoms with Crippen molar-refractivity contribution in [2.75, 3.05) is 5.32 Å². The minimum Gasteiger partial charge on any atom is -0.377 e. The number of anilines is 1. The summed E-state index contributed by atoms with van der Waals surface area (Å²) in [6.07, 6.45) is 3.65. The zero-order chi connectivity index (χ0) is 13.1. The topological polar surface area (TPSA) is 24.9 Å². The van der Waals surface area contributed by atoms with Gasteiger partial charge < -0.3 is 5.32 Å². The standard InChI is InChI=1S/C13H11Br3N2/c1-8(9-3-2-4-17-7-9)18-13-11(15)5-10(14)6-12(13)16/h2-8,18H,1H3. The normalized spacial score (nSPS) is 12.2. The predicted octanol–water partition coefficient (Wildman–Crippen LogP) is 5.54. The van der Waals surface area contributed by atoms with Gasteiger partial charge in [-0.05, 0) is 62.5 Å². The van der Waals surface area contributed by atoms with Crippen LogP contribution in [0.4, 0.5) is 5.69 Å². The number of pyridine rings is 1. The first kappa shape index (κ1) is 14.0.